The van der Waals surface area contributed by atoms with Gasteiger partial charge in [0.1, 0.15) is 8.07 Å². The van der Waals surface area contributed by atoms with Crippen LogP contribution in [0.5, 0.6) is 0 Å². The third-order valence-corrected chi connectivity index (χ3v) is 14.5. The van der Waals surface area contributed by atoms with E-state index in [1.165, 1.54) is 65.7 Å². The van der Waals surface area contributed by atoms with Crippen LogP contribution in [0.15, 0.2) is 140 Å². The molecular formula is C45H35N3Si. The minimum Gasteiger partial charge on any atom is -0.309 e. The van der Waals surface area contributed by atoms with Crippen LogP contribution in [-0.2, 0) is 5.41 Å². The van der Waals surface area contributed by atoms with E-state index in [-0.39, 0.29) is 5.41 Å². The van der Waals surface area contributed by atoms with Crippen molar-refractivity contribution in [2.45, 2.75) is 32.4 Å². The summed E-state index contributed by atoms with van der Waals surface area (Å²) in [6, 6.07) is 51.0. The number of para-hydroxylation sites is 1. The Kier molecular flexibility index (Phi) is 5.79. The van der Waals surface area contributed by atoms with Gasteiger partial charge in [0.2, 0.25) is 0 Å². The molecule has 0 fully saturated rings. The monoisotopic (exact) mass is 645 g/mol. The number of hydrogen-bond donors (Lipinski definition) is 0. The van der Waals surface area contributed by atoms with Gasteiger partial charge in [-0.25, -0.2) is 9.97 Å². The molecule has 234 valence electrons. The van der Waals surface area contributed by atoms with E-state index >= 15 is 0 Å². The summed E-state index contributed by atoms with van der Waals surface area (Å²) < 4.78 is 2.44. The molecular weight excluding hydrogens is 611 g/mol. The van der Waals surface area contributed by atoms with E-state index in [1.54, 1.807) is 0 Å². The molecule has 0 N–H and O–H groups in total. The molecule has 0 saturated carbocycles. The molecule has 3 heterocycles. The summed E-state index contributed by atoms with van der Waals surface area (Å²) >= 11 is 0. The lowest BCUT2D eigenvalue weighted by molar-refractivity contribution is 0.661. The second kappa shape index (κ2) is 9.97. The van der Waals surface area contributed by atoms with Gasteiger partial charge in [0.05, 0.1) is 16.7 Å². The average molecular weight is 646 g/mol. The first-order valence-corrected chi connectivity index (χ1v) is 20.2. The molecule has 0 atom stereocenters. The fraction of sp³-hybridized carbons (Fsp3) is 0.111. The highest BCUT2D eigenvalue weighted by Crippen LogP contribution is 2.51. The summed E-state index contributed by atoms with van der Waals surface area (Å²) in [5, 5.41) is 5.22. The maximum absolute atomic E-state index is 5.32. The SMILES string of the molecule is CC1(C)c2ccccc2-c2cc3c4ccccc4n(-c4ccc(-c5nc(-c6ccccc6)nc6c5-c5ccccc5[Si]6(C)C)cc4)c3cc21. The molecule has 0 unspecified atom stereocenters. The molecule has 2 aromatic heterocycles. The van der Waals surface area contributed by atoms with E-state index in [4.69, 9.17) is 9.97 Å². The van der Waals surface area contributed by atoms with Gasteiger partial charge in [-0.15, -0.1) is 0 Å². The Morgan fingerprint density at radius 2 is 1.24 bits per heavy atom. The largest absolute Gasteiger partial charge is 0.309 e. The Morgan fingerprint density at radius 1 is 0.551 bits per heavy atom. The molecule has 1 aliphatic heterocycles. The average Bonchev–Trinajstić information content (AvgIpc) is 3.68. The van der Waals surface area contributed by atoms with Gasteiger partial charge in [-0.1, -0.05) is 136 Å². The van der Waals surface area contributed by atoms with Crippen LogP contribution in [0.4, 0.5) is 0 Å². The van der Waals surface area contributed by atoms with Gasteiger partial charge in [0.15, 0.2) is 5.82 Å². The summed E-state index contributed by atoms with van der Waals surface area (Å²) in [6.07, 6.45) is 0. The molecule has 1 aliphatic carbocycles. The van der Waals surface area contributed by atoms with Crippen LogP contribution in [-0.4, -0.2) is 22.6 Å². The molecule has 8 aromatic rings. The Hall–Kier alpha value is -5.58. The quantitative estimate of drug-likeness (QED) is 0.179. The number of rotatable bonds is 3. The number of aromatic nitrogens is 3. The van der Waals surface area contributed by atoms with Crippen LogP contribution in [0.25, 0.3) is 72.4 Å². The molecule has 0 saturated heterocycles. The Labute approximate surface area is 287 Å². The summed E-state index contributed by atoms with van der Waals surface area (Å²) in [4.78, 5) is 10.6. The van der Waals surface area contributed by atoms with Crippen LogP contribution in [0.2, 0.25) is 13.1 Å². The zero-order chi connectivity index (χ0) is 33.1. The molecule has 0 spiro atoms. The minimum absolute atomic E-state index is 0.0670. The van der Waals surface area contributed by atoms with Crippen LogP contribution in [0, 0.1) is 0 Å². The van der Waals surface area contributed by atoms with Crippen molar-refractivity contribution in [3.8, 4) is 50.6 Å². The van der Waals surface area contributed by atoms with Gasteiger partial charge >= 0.3 is 0 Å². The van der Waals surface area contributed by atoms with Crippen molar-refractivity contribution in [1.29, 1.82) is 0 Å². The summed E-state index contributed by atoms with van der Waals surface area (Å²) in [5.41, 5.74) is 14.7. The van der Waals surface area contributed by atoms with Crippen molar-refractivity contribution in [3.63, 3.8) is 0 Å². The lowest BCUT2D eigenvalue weighted by Gasteiger charge is -2.21. The first-order valence-electron chi connectivity index (χ1n) is 17.2. The third kappa shape index (κ3) is 3.89. The van der Waals surface area contributed by atoms with Crippen molar-refractivity contribution < 1.29 is 0 Å². The van der Waals surface area contributed by atoms with Crippen LogP contribution >= 0.6 is 0 Å². The summed E-state index contributed by atoms with van der Waals surface area (Å²) in [5.74, 6) is 0.798. The molecule has 49 heavy (non-hydrogen) atoms. The predicted molar refractivity (Wildman–Crippen MR) is 207 cm³/mol. The normalized spacial score (nSPS) is 14.9. The maximum atomic E-state index is 5.32. The van der Waals surface area contributed by atoms with Crippen molar-refractivity contribution in [3.05, 3.63) is 151 Å². The van der Waals surface area contributed by atoms with Crippen LogP contribution in [0.1, 0.15) is 25.0 Å². The van der Waals surface area contributed by atoms with Gasteiger partial charge in [-0.2, -0.15) is 0 Å². The second-order valence-corrected chi connectivity index (χ2v) is 18.9. The lowest BCUT2D eigenvalue weighted by atomic mass is 9.82. The standard InChI is InChI=1S/C45H35N3Si/c1-45(2)36-19-11-8-16-31(36)34-26-35-32-17-9-12-20-38(32)48(39(35)27-37(34)45)30-24-22-28(23-25-30)42-41-33-18-10-13-21-40(33)49(3,4)44(41)47-43(46-42)29-14-6-5-7-15-29/h5-27H,1-4H3. The van der Waals surface area contributed by atoms with Crippen molar-refractivity contribution in [1.82, 2.24) is 14.5 Å². The Bertz CT molecular complexity index is 2650. The first-order chi connectivity index (χ1) is 23.8. The number of fused-ring (bicyclic) bond motifs is 9. The van der Waals surface area contributed by atoms with Crippen molar-refractivity contribution >= 4 is 40.4 Å². The fourth-order valence-corrected chi connectivity index (χ4v) is 11.6. The first kappa shape index (κ1) is 28.4. The van der Waals surface area contributed by atoms with Gasteiger partial charge < -0.3 is 4.57 Å². The predicted octanol–water partition coefficient (Wildman–Crippen LogP) is 10.0. The second-order valence-electron chi connectivity index (χ2n) is 14.6. The van der Waals surface area contributed by atoms with Gasteiger partial charge in [0.25, 0.3) is 0 Å². The topological polar surface area (TPSA) is 30.7 Å². The van der Waals surface area contributed by atoms with E-state index in [9.17, 15) is 0 Å². The smallest absolute Gasteiger partial charge is 0.159 e. The summed E-state index contributed by atoms with van der Waals surface area (Å²) in [6.45, 7) is 9.56. The molecule has 0 bridgehead atoms. The van der Waals surface area contributed by atoms with Gasteiger partial charge in [-0.05, 0) is 63.3 Å². The van der Waals surface area contributed by atoms with Gasteiger partial charge in [0, 0.05) is 43.9 Å². The molecule has 3 nitrogen and oxygen atoms in total. The highest BCUT2D eigenvalue weighted by Gasteiger charge is 2.41. The van der Waals surface area contributed by atoms with Gasteiger partial charge in [-0.3, -0.25) is 0 Å². The summed E-state index contributed by atoms with van der Waals surface area (Å²) in [7, 11) is -2.02. The van der Waals surface area contributed by atoms with E-state index in [0.29, 0.717) is 0 Å². The third-order valence-electron chi connectivity index (χ3n) is 11.2. The van der Waals surface area contributed by atoms with Crippen LogP contribution < -0.4 is 10.5 Å². The zero-order valence-electron chi connectivity index (χ0n) is 28.1. The lowest BCUT2D eigenvalue weighted by Crippen LogP contribution is -2.50. The molecule has 4 heteroatoms. The molecule has 0 radical (unpaired) electrons. The van der Waals surface area contributed by atoms with Crippen molar-refractivity contribution in [2.75, 3.05) is 0 Å². The van der Waals surface area contributed by atoms with E-state index in [0.717, 1.165) is 28.3 Å². The highest BCUT2D eigenvalue weighted by atomic mass is 28.3. The molecule has 6 aromatic carbocycles. The molecule has 10 rings (SSSR count). The van der Waals surface area contributed by atoms with E-state index in [2.05, 4.69) is 165 Å². The number of hydrogen-bond acceptors (Lipinski definition) is 2. The van der Waals surface area contributed by atoms with Crippen molar-refractivity contribution in [2.24, 2.45) is 0 Å². The Balaban J connectivity index is 1.18. The molecule has 2 aliphatic rings. The fourth-order valence-electron chi connectivity index (χ4n) is 8.68. The Morgan fingerprint density at radius 3 is 2.06 bits per heavy atom. The maximum Gasteiger partial charge on any atom is 0.159 e. The number of benzene rings is 6. The molecule has 0 amide bonds. The van der Waals surface area contributed by atoms with Crippen LogP contribution in [0.3, 0.4) is 0 Å². The van der Waals surface area contributed by atoms with E-state index < -0.39 is 8.07 Å². The minimum atomic E-state index is -2.02. The number of nitrogens with zero attached hydrogens (tertiary/aromatic N) is 3. The highest BCUT2D eigenvalue weighted by molar-refractivity contribution is 7.03. The van der Waals surface area contributed by atoms with E-state index in [1.807, 2.05) is 6.07 Å². The zero-order valence-corrected chi connectivity index (χ0v) is 29.1.